The Labute approximate surface area is 116 Å². The molecule has 1 aromatic carbocycles. The number of nitrogens with one attached hydrogen (secondary N) is 1. The SMILES string of the molecule is CC1CCC(NN2CCN(C)CC2)c2ccccc21. The van der Waals surface area contributed by atoms with E-state index in [1.165, 1.54) is 18.4 Å². The Morgan fingerprint density at radius 3 is 2.42 bits per heavy atom. The predicted molar refractivity (Wildman–Crippen MR) is 79.0 cm³/mol. The van der Waals surface area contributed by atoms with Gasteiger partial charge in [-0.25, -0.2) is 10.4 Å². The third-order valence-corrected chi connectivity index (χ3v) is 4.63. The second-order valence-corrected chi connectivity index (χ2v) is 6.08. The summed E-state index contributed by atoms with van der Waals surface area (Å²) in [4.78, 5) is 2.40. The highest BCUT2D eigenvalue weighted by Crippen LogP contribution is 2.37. The highest BCUT2D eigenvalue weighted by atomic mass is 15.5. The number of hydrogen-bond acceptors (Lipinski definition) is 3. The van der Waals surface area contributed by atoms with Crippen molar-refractivity contribution in [1.82, 2.24) is 15.3 Å². The Hall–Kier alpha value is -0.900. The van der Waals surface area contributed by atoms with Gasteiger partial charge >= 0.3 is 0 Å². The molecule has 0 amide bonds. The van der Waals surface area contributed by atoms with Crippen LogP contribution in [0, 0.1) is 0 Å². The van der Waals surface area contributed by atoms with Gasteiger partial charge in [-0.2, -0.15) is 0 Å². The van der Waals surface area contributed by atoms with Crippen molar-refractivity contribution in [3.8, 4) is 0 Å². The number of hydrogen-bond donors (Lipinski definition) is 1. The molecule has 1 N–H and O–H groups in total. The molecule has 2 unspecified atom stereocenters. The third-order valence-electron chi connectivity index (χ3n) is 4.63. The van der Waals surface area contributed by atoms with Crippen LogP contribution in [0.15, 0.2) is 24.3 Å². The fourth-order valence-electron chi connectivity index (χ4n) is 3.29. The Morgan fingerprint density at radius 2 is 1.68 bits per heavy atom. The number of benzene rings is 1. The molecule has 1 fully saturated rings. The third kappa shape index (κ3) is 2.83. The van der Waals surface area contributed by atoms with Crippen molar-refractivity contribution in [1.29, 1.82) is 0 Å². The van der Waals surface area contributed by atoms with E-state index in [0.717, 1.165) is 26.2 Å². The first-order chi connectivity index (χ1) is 9.24. The van der Waals surface area contributed by atoms with Crippen molar-refractivity contribution in [3.05, 3.63) is 35.4 Å². The molecule has 3 rings (SSSR count). The van der Waals surface area contributed by atoms with Gasteiger partial charge in [0.1, 0.15) is 0 Å². The Kier molecular flexibility index (Phi) is 3.87. The molecule has 1 aliphatic carbocycles. The number of nitrogens with zero attached hydrogens (tertiary/aromatic N) is 2. The fraction of sp³-hybridized carbons (Fsp3) is 0.625. The molecule has 0 bridgehead atoms. The van der Waals surface area contributed by atoms with Crippen LogP contribution in [0.4, 0.5) is 0 Å². The molecule has 3 heteroatoms. The average molecular weight is 259 g/mol. The van der Waals surface area contributed by atoms with Gasteiger partial charge < -0.3 is 4.90 Å². The van der Waals surface area contributed by atoms with Gasteiger partial charge in [-0.3, -0.25) is 0 Å². The molecule has 3 nitrogen and oxygen atoms in total. The Balaban J connectivity index is 1.70. The van der Waals surface area contributed by atoms with Gasteiger partial charge in [0.05, 0.1) is 0 Å². The summed E-state index contributed by atoms with van der Waals surface area (Å²) in [6, 6.07) is 9.47. The molecule has 0 saturated carbocycles. The van der Waals surface area contributed by atoms with Crippen molar-refractivity contribution in [2.24, 2.45) is 0 Å². The van der Waals surface area contributed by atoms with Crippen LogP contribution in [0.1, 0.15) is 42.9 Å². The van der Waals surface area contributed by atoms with E-state index in [1.54, 1.807) is 5.56 Å². The molecule has 1 heterocycles. The van der Waals surface area contributed by atoms with Gasteiger partial charge in [-0.1, -0.05) is 31.2 Å². The summed E-state index contributed by atoms with van der Waals surface area (Å²) in [5.41, 5.74) is 6.82. The van der Waals surface area contributed by atoms with Crippen LogP contribution in [-0.4, -0.2) is 43.1 Å². The maximum absolute atomic E-state index is 3.76. The van der Waals surface area contributed by atoms with Crippen LogP contribution < -0.4 is 5.43 Å². The van der Waals surface area contributed by atoms with Crippen molar-refractivity contribution in [3.63, 3.8) is 0 Å². The number of likely N-dealkylation sites (N-methyl/N-ethyl adjacent to an activating group) is 1. The monoisotopic (exact) mass is 259 g/mol. The van der Waals surface area contributed by atoms with Crippen LogP contribution in [0.5, 0.6) is 0 Å². The van der Waals surface area contributed by atoms with Crippen LogP contribution in [0.2, 0.25) is 0 Å². The molecular formula is C16H25N3. The maximum atomic E-state index is 3.76. The Bertz CT molecular complexity index is 424. The van der Waals surface area contributed by atoms with E-state index in [4.69, 9.17) is 0 Å². The second kappa shape index (κ2) is 5.61. The molecule has 0 radical (unpaired) electrons. The van der Waals surface area contributed by atoms with Gasteiger partial charge in [0.15, 0.2) is 0 Å². The number of piperazine rings is 1. The van der Waals surface area contributed by atoms with Crippen LogP contribution in [0.25, 0.3) is 0 Å². The first-order valence-electron chi connectivity index (χ1n) is 7.52. The van der Waals surface area contributed by atoms with E-state index >= 15 is 0 Å². The van der Waals surface area contributed by atoms with E-state index in [1.807, 2.05) is 0 Å². The zero-order chi connectivity index (χ0) is 13.2. The fourth-order valence-corrected chi connectivity index (χ4v) is 3.29. The predicted octanol–water partition coefficient (Wildman–Crippen LogP) is 2.38. The molecule has 2 atom stereocenters. The molecule has 104 valence electrons. The zero-order valence-corrected chi connectivity index (χ0v) is 12.1. The molecule has 1 aliphatic heterocycles. The number of rotatable bonds is 2. The largest absolute Gasteiger partial charge is 0.304 e. The highest BCUT2D eigenvalue weighted by molar-refractivity contribution is 5.34. The average Bonchev–Trinajstić information content (AvgIpc) is 2.45. The van der Waals surface area contributed by atoms with Gasteiger partial charge in [0.25, 0.3) is 0 Å². The van der Waals surface area contributed by atoms with Gasteiger partial charge in [-0.15, -0.1) is 0 Å². The summed E-state index contributed by atoms with van der Waals surface area (Å²) in [6.45, 7) is 6.94. The molecule has 2 aliphatic rings. The van der Waals surface area contributed by atoms with Crippen LogP contribution >= 0.6 is 0 Å². The van der Waals surface area contributed by atoms with Gasteiger partial charge in [0.2, 0.25) is 0 Å². The molecule has 0 spiro atoms. The van der Waals surface area contributed by atoms with E-state index < -0.39 is 0 Å². The quantitative estimate of drug-likeness (QED) is 0.880. The van der Waals surface area contributed by atoms with Crippen molar-refractivity contribution >= 4 is 0 Å². The summed E-state index contributed by atoms with van der Waals surface area (Å²) >= 11 is 0. The first-order valence-corrected chi connectivity index (χ1v) is 7.52. The minimum Gasteiger partial charge on any atom is -0.304 e. The normalized spacial score (nSPS) is 29.2. The molecule has 19 heavy (non-hydrogen) atoms. The van der Waals surface area contributed by atoms with E-state index in [-0.39, 0.29) is 0 Å². The lowest BCUT2D eigenvalue weighted by molar-refractivity contribution is 0.0821. The molecule has 0 aromatic heterocycles. The zero-order valence-electron chi connectivity index (χ0n) is 12.1. The van der Waals surface area contributed by atoms with E-state index in [2.05, 4.69) is 53.6 Å². The van der Waals surface area contributed by atoms with E-state index in [9.17, 15) is 0 Å². The van der Waals surface area contributed by atoms with E-state index in [0.29, 0.717) is 12.0 Å². The minimum atomic E-state index is 0.510. The van der Waals surface area contributed by atoms with Crippen LogP contribution in [0.3, 0.4) is 0 Å². The van der Waals surface area contributed by atoms with Crippen molar-refractivity contribution < 1.29 is 0 Å². The summed E-state index contributed by atoms with van der Waals surface area (Å²) in [5, 5.41) is 2.41. The first kappa shape index (κ1) is 13.1. The summed E-state index contributed by atoms with van der Waals surface area (Å²) in [7, 11) is 2.20. The highest BCUT2D eigenvalue weighted by Gasteiger charge is 2.26. The molecule has 1 saturated heterocycles. The minimum absolute atomic E-state index is 0.510. The molecule has 1 aromatic rings. The topological polar surface area (TPSA) is 18.5 Å². The summed E-state index contributed by atoms with van der Waals surface area (Å²) < 4.78 is 0. The lowest BCUT2D eigenvalue weighted by atomic mass is 9.81. The maximum Gasteiger partial charge on any atom is 0.0467 e. The Morgan fingerprint density at radius 1 is 1.00 bits per heavy atom. The smallest absolute Gasteiger partial charge is 0.0467 e. The van der Waals surface area contributed by atoms with Gasteiger partial charge in [-0.05, 0) is 36.9 Å². The standard InChI is InChI=1S/C16H25N3/c1-13-7-8-16(15-6-4-3-5-14(13)15)17-19-11-9-18(2)10-12-19/h3-6,13,16-17H,7-12H2,1-2H3. The van der Waals surface area contributed by atoms with Crippen LogP contribution in [-0.2, 0) is 0 Å². The lowest BCUT2D eigenvalue weighted by Crippen LogP contribution is -2.52. The van der Waals surface area contributed by atoms with Crippen molar-refractivity contribution in [2.75, 3.05) is 33.2 Å². The lowest BCUT2D eigenvalue weighted by Gasteiger charge is -2.38. The number of hydrazine groups is 1. The van der Waals surface area contributed by atoms with Crippen molar-refractivity contribution in [2.45, 2.75) is 31.7 Å². The number of fused-ring (bicyclic) bond motifs is 1. The summed E-state index contributed by atoms with van der Waals surface area (Å²) in [6.07, 6.45) is 2.55. The second-order valence-electron chi connectivity index (χ2n) is 6.08. The molecular weight excluding hydrogens is 234 g/mol. The van der Waals surface area contributed by atoms with Gasteiger partial charge in [0, 0.05) is 32.2 Å². The summed E-state index contributed by atoms with van der Waals surface area (Å²) in [5.74, 6) is 0.710.